The van der Waals surface area contributed by atoms with Crippen molar-refractivity contribution in [2.24, 2.45) is 5.92 Å². The molecule has 0 radical (unpaired) electrons. The van der Waals surface area contributed by atoms with Crippen molar-refractivity contribution in [2.45, 2.75) is 50.8 Å². The highest BCUT2D eigenvalue weighted by molar-refractivity contribution is 7.98. The fraction of sp³-hybridized carbons (Fsp3) is 0.267. The average molecular weight is 513 g/mol. The summed E-state index contributed by atoms with van der Waals surface area (Å²) in [6.07, 6.45) is 0.891. The van der Waals surface area contributed by atoms with Crippen molar-refractivity contribution in [2.75, 3.05) is 0 Å². The average Bonchev–Trinajstić information content (AvgIpc) is 3.26. The lowest BCUT2D eigenvalue weighted by molar-refractivity contribution is 0.00200. The van der Waals surface area contributed by atoms with E-state index in [1.165, 1.54) is 16.3 Å². The van der Waals surface area contributed by atoms with Gasteiger partial charge in [-0.15, -0.1) is 11.3 Å². The lowest BCUT2D eigenvalue weighted by Gasteiger charge is -2.26. The molecule has 2 aromatic heterocycles. The summed E-state index contributed by atoms with van der Waals surface area (Å²) in [6, 6.07) is 22.9. The van der Waals surface area contributed by atoms with Crippen LogP contribution in [-0.4, -0.2) is 15.7 Å². The number of hydrogen-bond donors (Lipinski definition) is 0. The van der Waals surface area contributed by atoms with Gasteiger partial charge in [0.05, 0.1) is 23.8 Å². The van der Waals surface area contributed by atoms with Crippen LogP contribution in [0.3, 0.4) is 0 Å². The SMILES string of the molecule is Cc1ccccc1-n1c(SCc2cccc3ccccc23)nc2sc3c(c2c1=O)CC(C(C)C)OC3. The van der Waals surface area contributed by atoms with Gasteiger partial charge in [0, 0.05) is 17.1 Å². The predicted octanol–water partition coefficient (Wildman–Crippen LogP) is 7.30. The Morgan fingerprint density at radius 3 is 2.69 bits per heavy atom. The number of thioether (sulfide) groups is 1. The van der Waals surface area contributed by atoms with Gasteiger partial charge in [0.1, 0.15) is 4.83 Å². The molecule has 182 valence electrons. The summed E-state index contributed by atoms with van der Waals surface area (Å²) in [5, 5.41) is 3.96. The smallest absolute Gasteiger partial charge is 0.267 e. The molecule has 6 heteroatoms. The first kappa shape index (κ1) is 23.5. The normalized spacial score (nSPS) is 15.6. The Bertz CT molecular complexity index is 1650. The first-order valence-electron chi connectivity index (χ1n) is 12.4. The highest BCUT2D eigenvalue weighted by Gasteiger charge is 2.29. The summed E-state index contributed by atoms with van der Waals surface area (Å²) >= 11 is 3.24. The lowest BCUT2D eigenvalue weighted by atomic mass is 9.96. The summed E-state index contributed by atoms with van der Waals surface area (Å²) in [5.74, 6) is 1.13. The Balaban J connectivity index is 1.50. The Morgan fingerprint density at radius 1 is 1.08 bits per heavy atom. The van der Waals surface area contributed by atoms with Gasteiger partial charge >= 0.3 is 0 Å². The van der Waals surface area contributed by atoms with Crippen LogP contribution in [0.4, 0.5) is 0 Å². The zero-order valence-electron chi connectivity index (χ0n) is 20.7. The minimum Gasteiger partial charge on any atom is -0.372 e. The minimum absolute atomic E-state index is 0.0247. The highest BCUT2D eigenvalue weighted by atomic mass is 32.2. The molecule has 1 unspecified atom stereocenters. The van der Waals surface area contributed by atoms with Crippen molar-refractivity contribution >= 4 is 44.1 Å². The van der Waals surface area contributed by atoms with Gasteiger partial charge in [-0.05, 0) is 46.4 Å². The molecule has 5 aromatic rings. The van der Waals surface area contributed by atoms with E-state index in [1.807, 2.05) is 22.8 Å². The van der Waals surface area contributed by atoms with Crippen molar-refractivity contribution < 1.29 is 4.74 Å². The van der Waals surface area contributed by atoms with Gasteiger partial charge in [0.15, 0.2) is 5.16 Å². The maximum Gasteiger partial charge on any atom is 0.267 e. The maximum atomic E-state index is 14.2. The topological polar surface area (TPSA) is 44.1 Å². The van der Waals surface area contributed by atoms with Crippen LogP contribution < -0.4 is 5.56 Å². The molecular formula is C30H28N2O2S2. The molecule has 0 N–H and O–H groups in total. The van der Waals surface area contributed by atoms with Gasteiger partial charge in [-0.1, -0.05) is 86.3 Å². The summed E-state index contributed by atoms with van der Waals surface area (Å²) in [4.78, 5) is 21.3. The minimum atomic E-state index is 0.0247. The predicted molar refractivity (Wildman–Crippen MR) is 151 cm³/mol. The third kappa shape index (κ3) is 4.07. The van der Waals surface area contributed by atoms with Gasteiger partial charge in [-0.25, -0.2) is 4.98 Å². The van der Waals surface area contributed by atoms with Crippen molar-refractivity contribution in [1.29, 1.82) is 0 Å². The van der Waals surface area contributed by atoms with Gasteiger partial charge in [-0.3, -0.25) is 9.36 Å². The van der Waals surface area contributed by atoms with Crippen molar-refractivity contribution in [1.82, 2.24) is 9.55 Å². The number of rotatable bonds is 5. The Hall–Kier alpha value is -2.93. The quantitative estimate of drug-likeness (QED) is 0.183. The monoisotopic (exact) mass is 512 g/mol. The highest BCUT2D eigenvalue weighted by Crippen LogP contribution is 2.37. The molecule has 0 aliphatic carbocycles. The van der Waals surface area contributed by atoms with E-state index in [-0.39, 0.29) is 11.7 Å². The molecular weight excluding hydrogens is 484 g/mol. The fourth-order valence-electron chi connectivity index (χ4n) is 5.02. The third-order valence-corrected chi connectivity index (χ3v) is 9.13. The Morgan fingerprint density at radius 2 is 1.86 bits per heavy atom. The number of aromatic nitrogens is 2. The number of aryl methyl sites for hydroxylation is 1. The van der Waals surface area contributed by atoms with E-state index in [0.717, 1.165) is 49.2 Å². The summed E-state index contributed by atoms with van der Waals surface area (Å²) in [6.45, 7) is 6.96. The number of thiophene rings is 1. The second-order valence-corrected chi connectivity index (χ2v) is 11.8. The molecule has 0 saturated carbocycles. The first-order chi connectivity index (χ1) is 17.5. The molecule has 3 aromatic carbocycles. The lowest BCUT2D eigenvalue weighted by Crippen LogP contribution is -2.28. The molecule has 0 bridgehead atoms. The molecule has 1 atom stereocenters. The molecule has 6 rings (SSSR count). The van der Waals surface area contributed by atoms with Crippen LogP contribution in [0.5, 0.6) is 0 Å². The second kappa shape index (κ2) is 9.51. The van der Waals surface area contributed by atoms with Crippen molar-refractivity contribution in [3.63, 3.8) is 0 Å². The molecule has 4 nitrogen and oxygen atoms in total. The fourth-order valence-corrected chi connectivity index (χ4v) is 7.19. The molecule has 1 aliphatic heterocycles. The van der Waals surface area contributed by atoms with Crippen molar-refractivity contribution in [3.05, 3.63) is 98.7 Å². The Labute approximate surface area is 219 Å². The van der Waals surface area contributed by atoms with E-state index in [0.29, 0.717) is 12.5 Å². The molecule has 0 spiro atoms. The van der Waals surface area contributed by atoms with Gasteiger partial charge in [0.25, 0.3) is 5.56 Å². The number of ether oxygens (including phenoxy) is 1. The van der Waals surface area contributed by atoms with Gasteiger partial charge in [-0.2, -0.15) is 0 Å². The van der Waals surface area contributed by atoms with Crippen LogP contribution in [0.25, 0.3) is 26.7 Å². The summed E-state index contributed by atoms with van der Waals surface area (Å²) in [7, 11) is 0. The molecule has 1 aliphatic rings. The van der Waals surface area contributed by atoms with E-state index in [2.05, 4.69) is 69.3 Å². The van der Waals surface area contributed by atoms with E-state index in [9.17, 15) is 4.79 Å². The zero-order chi connectivity index (χ0) is 24.8. The summed E-state index contributed by atoms with van der Waals surface area (Å²) < 4.78 is 7.95. The number of fused-ring (bicyclic) bond motifs is 4. The molecule has 0 amide bonds. The maximum absolute atomic E-state index is 14.2. The number of nitrogens with zero attached hydrogens (tertiary/aromatic N) is 2. The van der Waals surface area contributed by atoms with Crippen molar-refractivity contribution in [3.8, 4) is 5.69 Å². The van der Waals surface area contributed by atoms with Crippen LogP contribution in [0.15, 0.2) is 76.7 Å². The standard InChI is InChI=1S/C30H28N2O2S2/c1-18(2)25-15-23-26(16-34-25)36-28-27(23)29(33)32(24-14-7-4-9-19(24)3)30(31-28)35-17-21-12-8-11-20-10-5-6-13-22(20)21/h4-14,18,25H,15-17H2,1-3H3. The van der Waals surface area contributed by atoms with E-state index in [4.69, 9.17) is 9.72 Å². The number of para-hydroxylation sites is 1. The van der Waals surface area contributed by atoms with E-state index in [1.54, 1.807) is 23.1 Å². The first-order valence-corrected chi connectivity index (χ1v) is 14.2. The second-order valence-electron chi connectivity index (χ2n) is 9.73. The van der Waals surface area contributed by atoms with E-state index < -0.39 is 0 Å². The molecule has 0 fully saturated rings. The third-order valence-electron chi connectivity index (χ3n) is 7.05. The summed E-state index contributed by atoms with van der Waals surface area (Å²) in [5.41, 5.74) is 4.34. The van der Waals surface area contributed by atoms with Crippen LogP contribution in [0, 0.1) is 12.8 Å². The zero-order valence-corrected chi connectivity index (χ0v) is 22.3. The van der Waals surface area contributed by atoms with E-state index >= 15 is 0 Å². The molecule has 36 heavy (non-hydrogen) atoms. The Kier molecular flexibility index (Phi) is 6.20. The van der Waals surface area contributed by atoms with Gasteiger partial charge < -0.3 is 4.74 Å². The van der Waals surface area contributed by atoms with Gasteiger partial charge in [0.2, 0.25) is 0 Å². The van der Waals surface area contributed by atoms with Crippen LogP contribution in [-0.2, 0) is 23.5 Å². The molecule has 3 heterocycles. The van der Waals surface area contributed by atoms with Crippen LogP contribution in [0.1, 0.15) is 35.4 Å². The number of benzene rings is 3. The largest absolute Gasteiger partial charge is 0.372 e. The molecule has 0 saturated heterocycles. The van der Waals surface area contributed by atoms with Crippen LogP contribution >= 0.6 is 23.1 Å². The van der Waals surface area contributed by atoms with Crippen LogP contribution in [0.2, 0.25) is 0 Å². The number of hydrogen-bond acceptors (Lipinski definition) is 5.